The van der Waals surface area contributed by atoms with E-state index >= 15 is 0 Å². The average Bonchev–Trinajstić information content (AvgIpc) is 2.58. The summed E-state index contributed by atoms with van der Waals surface area (Å²) in [7, 11) is 0. The van der Waals surface area contributed by atoms with Gasteiger partial charge in [0.2, 0.25) is 11.8 Å². The second kappa shape index (κ2) is 7.05. The van der Waals surface area contributed by atoms with E-state index in [1.807, 2.05) is 0 Å². The maximum atomic E-state index is 14.4. The highest BCUT2D eigenvalue weighted by molar-refractivity contribution is 6.10. The lowest BCUT2D eigenvalue weighted by molar-refractivity contribution is -0.348. The van der Waals surface area contributed by atoms with Gasteiger partial charge in [0.05, 0.1) is 11.1 Å². The van der Waals surface area contributed by atoms with Crippen molar-refractivity contribution in [3.8, 4) is 11.1 Å². The lowest BCUT2D eigenvalue weighted by Crippen LogP contribution is -2.50. The van der Waals surface area contributed by atoms with Crippen molar-refractivity contribution in [2.24, 2.45) is 11.5 Å². The molecule has 2 aromatic rings. The summed E-state index contributed by atoms with van der Waals surface area (Å²) in [6.07, 6.45) is -12.6. The van der Waals surface area contributed by atoms with Gasteiger partial charge in [0.15, 0.2) is 0 Å². The molecule has 0 bridgehead atoms. The molecule has 2 rings (SSSR count). The Morgan fingerprint density at radius 1 is 0.793 bits per heavy atom. The van der Waals surface area contributed by atoms with E-state index in [-0.39, 0.29) is 16.7 Å². The molecule has 0 saturated carbocycles. The molecule has 0 atom stereocenters. The Kier molecular flexibility index (Phi) is 5.39. The first-order chi connectivity index (χ1) is 13.1. The monoisotopic (exact) mass is 422 g/mol. The number of amides is 2. The summed E-state index contributed by atoms with van der Waals surface area (Å²) in [6, 6.07) is 4.95. The maximum absolute atomic E-state index is 14.4. The molecule has 0 aliphatic rings. The van der Waals surface area contributed by atoms with Crippen LogP contribution in [0.5, 0.6) is 0 Å². The third-order valence-corrected chi connectivity index (χ3v) is 4.28. The van der Waals surface area contributed by atoms with E-state index in [0.29, 0.717) is 12.1 Å². The van der Waals surface area contributed by atoms with Crippen molar-refractivity contribution in [1.29, 1.82) is 0 Å². The largest absolute Gasteiger partial charge is 0.435 e. The van der Waals surface area contributed by atoms with Crippen LogP contribution in [0.15, 0.2) is 36.4 Å². The molecule has 2 amide bonds. The number of carbonyl (C=O) groups excluding carboxylic acids is 2. The van der Waals surface area contributed by atoms with Crippen molar-refractivity contribution in [3.05, 3.63) is 58.7 Å². The van der Waals surface area contributed by atoms with Gasteiger partial charge in [0, 0.05) is 5.56 Å². The zero-order valence-electron chi connectivity index (χ0n) is 14.6. The van der Waals surface area contributed by atoms with E-state index in [1.165, 1.54) is 13.0 Å². The minimum Gasteiger partial charge on any atom is -0.366 e. The average molecular weight is 422 g/mol. The number of rotatable bonds is 4. The second-order valence-corrected chi connectivity index (χ2v) is 6.14. The minimum absolute atomic E-state index is 0.101. The van der Waals surface area contributed by atoms with Gasteiger partial charge in [-0.05, 0) is 35.7 Å². The van der Waals surface area contributed by atoms with Crippen LogP contribution in [-0.4, -0.2) is 24.2 Å². The molecule has 0 aliphatic heterocycles. The van der Waals surface area contributed by atoms with Crippen LogP contribution in [-0.2, 0) is 5.67 Å². The van der Waals surface area contributed by atoms with Gasteiger partial charge in [-0.2, -0.15) is 26.3 Å². The van der Waals surface area contributed by atoms with Crippen LogP contribution in [0.2, 0.25) is 0 Å². The molecule has 0 heterocycles. The number of carbonyl (C=O) groups is 2. The molecule has 4 nitrogen and oxygen atoms in total. The van der Waals surface area contributed by atoms with E-state index in [2.05, 4.69) is 0 Å². The summed E-state index contributed by atoms with van der Waals surface area (Å²) >= 11 is 0. The van der Waals surface area contributed by atoms with E-state index in [0.717, 1.165) is 18.2 Å². The van der Waals surface area contributed by atoms with Crippen molar-refractivity contribution in [2.75, 3.05) is 0 Å². The molecule has 4 N–H and O–H groups in total. The van der Waals surface area contributed by atoms with Gasteiger partial charge in [0.25, 0.3) is 0 Å². The Morgan fingerprint density at radius 3 is 1.79 bits per heavy atom. The first-order valence-electron chi connectivity index (χ1n) is 7.79. The molecule has 0 saturated heterocycles. The number of hydrogen-bond donors (Lipinski definition) is 2. The van der Waals surface area contributed by atoms with Gasteiger partial charge in [-0.25, -0.2) is 4.39 Å². The Hall–Kier alpha value is -3.11. The van der Waals surface area contributed by atoms with Crippen LogP contribution in [0.1, 0.15) is 31.8 Å². The number of hydrogen-bond acceptors (Lipinski definition) is 2. The highest BCUT2D eigenvalue weighted by Gasteiger charge is 2.73. The van der Waals surface area contributed by atoms with Gasteiger partial charge in [0.1, 0.15) is 0 Å². The van der Waals surface area contributed by atoms with Crippen LogP contribution >= 0.6 is 0 Å². The minimum atomic E-state index is -6.31. The predicted molar refractivity (Wildman–Crippen MR) is 88.5 cm³/mol. The third-order valence-electron chi connectivity index (χ3n) is 4.28. The summed E-state index contributed by atoms with van der Waals surface area (Å²) in [5, 5.41) is 0. The molecular weight excluding hydrogens is 409 g/mol. The zero-order chi connectivity index (χ0) is 22.4. The van der Waals surface area contributed by atoms with Gasteiger partial charge in [-0.1, -0.05) is 24.3 Å². The topological polar surface area (TPSA) is 86.2 Å². The second-order valence-electron chi connectivity index (χ2n) is 6.14. The quantitative estimate of drug-likeness (QED) is 0.726. The molecule has 0 unspecified atom stereocenters. The fourth-order valence-electron chi connectivity index (χ4n) is 2.86. The van der Waals surface area contributed by atoms with Crippen LogP contribution in [0.4, 0.5) is 30.7 Å². The number of benzene rings is 2. The molecule has 29 heavy (non-hydrogen) atoms. The molecule has 2 aromatic carbocycles. The number of halogens is 7. The van der Waals surface area contributed by atoms with Crippen LogP contribution < -0.4 is 11.5 Å². The smallest absolute Gasteiger partial charge is 0.366 e. The molecule has 0 spiro atoms. The number of primary amides is 2. The van der Waals surface area contributed by atoms with Gasteiger partial charge >= 0.3 is 18.0 Å². The Labute approximate surface area is 159 Å². The highest BCUT2D eigenvalue weighted by Crippen LogP contribution is 2.53. The summed E-state index contributed by atoms with van der Waals surface area (Å²) < 4.78 is 92.8. The number of nitrogens with two attached hydrogens (primary N) is 2. The Morgan fingerprint density at radius 2 is 1.34 bits per heavy atom. The molecule has 0 aromatic heterocycles. The standard InChI is InChI=1S/C18H13F7N2O2/c1-8-5-6-9(16(19,17(20,21)22)18(23,24)25)7-12(8)10-3-2-4-11(14(26)28)13(10)15(27)29/h2-7H,1H3,(H2,26,28)(H2,27,29). The summed E-state index contributed by atoms with van der Waals surface area (Å²) in [6.45, 7) is 1.31. The fourth-order valence-corrected chi connectivity index (χ4v) is 2.86. The highest BCUT2D eigenvalue weighted by atomic mass is 19.4. The molecule has 11 heteroatoms. The van der Waals surface area contributed by atoms with Crippen LogP contribution in [0.25, 0.3) is 11.1 Å². The zero-order valence-corrected chi connectivity index (χ0v) is 14.6. The summed E-state index contributed by atoms with van der Waals surface area (Å²) in [5.41, 5.74) is 1.56. The number of alkyl halides is 7. The van der Waals surface area contributed by atoms with Crippen molar-refractivity contribution >= 4 is 11.8 Å². The first kappa shape index (κ1) is 22.2. The van der Waals surface area contributed by atoms with E-state index in [1.54, 1.807) is 0 Å². The molecule has 0 fully saturated rings. The van der Waals surface area contributed by atoms with Gasteiger partial charge in [-0.15, -0.1) is 0 Å². The van der Waals surface area contributed by atoms with Crippen LogP contribution in [0, 0.1) is 6.92 Å². The fraction of sp³-hybridized carbons (Fsp3) is 0.222. The van der Waals surface area contributed by atoms with Crippen molar-refractivity contribution in [2.45, 2.75) is 24.9 Å². The molecule has 0 radical (unpaired) electrons. The van der Waals surface area contributed by atoms with E-state index < -0.39 is 46.5 Å². The molecule has 0 aliphatic carbocycles. The van der Waals surface area contributed by atoms with Gasteiger partial charge in [-0.3, -0.25) is 9.59 Å². The molecule has 156 valence electrons. The van der Waals surface area contributed by atoms with E-state index in [9.17, 15) is 40.3 Å². The van der Waals surface area contributed by atoms with Crippen molar-refractivity contribution < 1.29 is 40.3 Å². The van der Waals surface area contributed by atoms with Gasteiger partial charge < -0.3 is 11.5 Å². The number of aryl methyl sites for hydroxylation is 1. The lowest BCUT2D eigenvalue weighted by Gasteiger charge is -2.31. The van der Waals surface area contributed by atoms with Crippen LogP contribution in [0.3, 0.4) is 0 Å². The Balaban J connectivity index is 2.88. The Bertz CT molecular complexity index is 967. The normalized spacial score (nSPS) is 12.7. The first-order valence-corrected chi connectivity index (χ1v) is 7.79. The molecular formula is C18H13F7N2O2. The summed E-state index contributed by atoms with van der Waals surface area (Å²) in [5.74, 6) is -2.29. The SMILES string of the molecule is Cc1ccc(C(F)(C(F)(F)F)C(F)(F)F)cc1-c1cccc(C(N)=O)c1C(N)=O. The predicted octanol–water partition coefficient (Wildman–Crippen LogP) is 4.15. The maximum Gasteiger partial charge on any atom is 0.435 e. The summed E-state index contributed by atoms with van der Waals surface area (Å²) in [4.78, 5) is 23.4. The van der Waals surface area contributed by atoms with E-state index in [4.69, 9.17) is 11.5 Å². The van der Waals surface area contributed by atoms with Crippen molar-refractivity contribution in [1.82, 2.24) is 0 Å². The third kappa shape index (κ3) is 3.64. The lowest BCUT2D eigenvalue weighted by atomic mass is 9.87. The van der Waals surface area contributed by atoms with Crippen molar-refractivity contribution in [3.63, 3.8) is 0 Å².